The zero-order chi connectivity index (χ0) is 14.3. The highest BCUT2D eigenvalue weighted by molar-refractivity contribution is 5.64. The average molecular weight is 269 g/mol. The summed E-state index contributed by atoms with van der Waals surface area (Å²) >= 11 is 0. The fourth-order valence-electron chi connectivity index (χ4n) is 1.46. The Hall–Kier alpha value is -2.35. The highest BCUT2D eigenvalue weighted by Gasteiger charge is 2.10. The van der Waals surface area contributed by atoms with Crippen molar-refractivity contribution in [2.75, 3.05) is 20.3 Å². The van der Waals surface area contributed by atoms with E-state index in [-0.39, 0.29) is 12.3 Å². The van der Waals surface area contributed by atoms with Crippen molar-refractivity contribution in [3.8, 4) is 5.75 Å². The van der Waals surface area contributed by atoms with Crippen molar-refractivity contribution in [3.63, 3.8) is 0 Å². The molecule has 0 atom stereocenters. The number of hydrogen-bond donors (Lipinski definition) is 2. The van der Waals surface area contributed by atoms with Gasteiger partial charge in [0.1, 0.15) is 12.4 Å². The molecule has 0 saturated carbocycles. The average Bonchev–Trinajstić information content (AvgIpc) is 2.37. The lowest BCUT2D eigenvalue weighted by Gasteiger charge is -2.09. The van der Waals surface area contributed by atoms with E-state index in [1.54, 1.807) is 0 Å². The Labute approximate surface area is 109 Å². The van der Waals surface area contributed by atoms with E-state index >= 15 is 0 Å². The van der Waals surface area contributed by atoms with Gasteiger partial charge in [0.05, 0.1) is 12.0 Å². The van der Waals surface area contributed by atoms with Crippen molar-refractivity contribution in [3.05, 3.63) is 33.9 Å². The summed E-state index contributed by atoms with van der Waals surface area (Å²) in [5.74, 6) is 0.550. The maximum atomic E-state index is 10.7. The lowest BCUT2D eigenvalue weighted by atomic mass is 10.1. The molecular formula is C11H15N3O5. The van der Waals surface area contributed by atoms with E-state index in [0.29, 0.717) is 24.4 Å². The third-order valence-electron chi connectivity index (χ3n) is 2.31. The standard InChI is InChI=1S/C11H15N3O5/c1-18-10-3-2-9(14(16)17)6-8(10)7-13-4-5-19-11(12)15/h2-3,6,13H,4-5,7H2,1H3,(H2,12,15). The summed E-state index contributed by atoms with van der Waals surface area (Å²) in [6.07, 6.45) is -0.838. The first kappa shape index (κ1) is 14.7. The van der Waals surface area contributed by atoms with Crippen LogP contribution in [0.1, 0.15) is 5.56 Å². The number of non-ortho nitro benzene ring substituents is 1. The lowest BCUT2D eigenvalue weighted by molar-refractivity contribution is -0.384. The maximum absolute atomic E-state index is 10.7. The summed E-state index contributed by atoms with van der Waals surface area (Å²) in [7, 11) is 1.49. The van der Waals surface area contributed by atoms with Crippen molar-refractivity contribution in [1.29, 1.82) is 0 Å². The molecule has 0 bridgehead atoms. The van der Waals surface area contributed by atoms with Crippen molar-refractivity contribution in [2.24, 2.45) is 5.73 Å². The third-order valence-corrected chi connectivity index (χ3v) is 2.31. The van der Waals surface area contributed by atoms with Crippen molar-refractivity contribution >= 4 is 11.8 Å². The second-order valence-corrected chi connectivity index (χ2v) is 3.60. The monoisotopic (exact) mass is 269 g/mol. The SMILES string of the molecule is COc1ccc([N+](=O)[O-])cc1CNCCOC(N)=O. The Morgan fingerprint density at radius 3 is 2.84 bits per heavy atom. The first-order valence-electron chi connectivity index (χ1n) is 5.49. The van der Waals surface area contributed by atoms with E-state index in [1.165, 1.54) is 25.3 Å². The molecule has 3 N–H and O–H groups in total. The molecule has 1 rings (SSSR count). The van der Waals surface area contributed by atoms with Crippen LogP contribution in [0.5, 0.6) is 5.75 Å². The van der Waals surface area contributed by atoms with Gasteiger partial charge in [-0.3, -0.25) is 10.1 Å². The molecule has 104 valence electrons. The smallest absolute Gasteiger partial charge is 0.404 e. The molecule has 0 radical (unpaired) electrons. The summed E-state index contributed by atoms with van der Waals surface area (Å²) in [5, 5.41) is 13.6. The Kier molecular flexibility index (Phi) is 5.55. The van der Waals surface area contributed by atoms with Gasteiger partial charge in [-0.2, -0.15) is 0 Å². The van der Waals surface area contributed by atoms with E-state index in [4.69, 9.17) is 10.5 Å². The van der Waals surface area contributed by atoms with Gasteiger partial charge in [0.2, 0.25) is 0 Å². The molecule has 0 aliphatic carbocycles. The van der Waals surface area contributed by atoms with Gasteiger partial charge >= 0.3 is 6.09 Å². The number of primary amides is 1. The minimum absolute atomic E-state index is 0.00835. The molecule has 19 heavy (non-hydrogen) atoms. The van der Waals surface area contributed by atoms with E-state index < -0.39 is 11.0 Å². The second-order valence-electron chi connectivity index (χ2n) is 3.60. The van der Waals surface area contributed by atoms with Crippen LogP contribution >= 0.6 is 0 Å². The fraction of sp³-hybridized carbons (Fsp3) is 0.364. The first-order chi connectivity index (χ1) is 9.04. The second kappa shape index (κ2) is 7.17. The predicted molar refractivity (Wildman–Crippen MR) is 66.9 cm³/mol. The molecule has 8 heteroatoms. The number of hydrogen-bond acceptors (Lipinski definition) is 6. The maximum Gasteiger partial charge on any atom is 0.404 e. The normalized spacial score (nSPS) is 9.95. The number of nitrogens with two attached hydrogens (primary N) is 1. The van der Waals surface area contributed by atoms with Crippen LogP contribution in [-0.4, -0.2) is 31.3 Å². The molecule has 1 aromatic rings. The fourth-order valence-corrected chi connectivity index (χ4v) is 1.46. The van der Waals surface area contributed by atoms with Crippen LogP contribution in [0.15, 0.2) is 18.2 Å². The molecule has 1 amide bonds. The quantitative estimate of drug-likeness (QED) is 0.429. The Bertz CT molecular complexity index is 464. The van der Waals surface area contributed by atoms with Gasteiger partial charge in [0.25, 0.3) is 5.69 Å². The summed E-state index contributed by atoms with van der Waals surface area (Å²) in [4.78, 5) is 20.5. The minimum atomic E-state index is -0.838. The number of nitrogens with zero attached hydrogens (tertiary/aromatic N) is 1. The summed E-state index contributed by atoms with van der Waals surface area (Å²) in [6, 6.07) is 4.34. The van der Waals surface area contributed by atoms with E-state index in [1.807, 2.05) is 0 Å². The van der Waals surface area contributed by atoms with Gasteiger partial charge in [-0.25, -0.2) is 4.79 Å². The van der Waals surface area contributed by atoms with Gasteiger partial charge < -0.3 is 20.5 Å². The molecule has 0 aliphatic heterocycles. The van der Waals surface area contributed by atoms with Crippen molar-refractivity contribution in [1.82, 2.24) is 5.32 Å². The Morgan fingerprint density at radius 1 is 1.53 bits per heavy atom. The van der Waals surface area contributed by atoms with Crippen LogP contribution < -0.4 is 15.8 Å². The van der Waals surface area contributed by atoms with Crippen LogP contribution in [-0.2, 0) is 11.3 Å². The summed E-state index contributed by atoms with van der Waals surface area (Å²) in [5.41, 5.74) is 5.44. The van der Waals surface area contributed by atoms with Crippen LogP contribution in [0, 0.1) is 10.1 Å². The summed E-state index contributed by atoms with van der Waals surface area (Å²) < 4.78 is 9.64. The van der Waals surface area contributed by atoms with Gasteiger partial charge in [0.15, 0.2) is 0 Å². The number of carbonyl (C=O) groups is 1. The Morgan fingerprint density at radius 2 is 2.26 bits per heavy atom. The number of nitrogens with one attached hydrogen (secondary N) is 1. The molecule has 8 nitrogen and oxygen atoms in total. The van der Waals surface area contributed by atoms with Crippen LogP contribution in [0.25, 0.3) is 0 Å². The van der Waals surface area contributed by atoms with Gasteiger partial charge in [0, 0.05) is 30.8 Å². The van der Waals surface area contributed by atoms with Crippen molar-refractivity contribution in [2.45, 2.75) is 6.54 Å². The summed E-state index contributed by atoms with van der Waals surface area (Å²) in [6.45, 7) is 0.869. The molecule has 1 aromatic carbocycles. The van der Waals surface area contributed by atoms with Gasteiger partial charge in [-0.05, 0) is 6.07 Å². The van der Waals surface area contributed by atoms with E-state index in [2.05, 4.69) is 10.1 Å². The number of ether oxygens (including phenoxy) is 2. The highest BCUT2D eigenvalue weighted by atomic mass is 16.6. The predicted octanol–water partition coefficient (Wildman–Crippen LogP) is 0.788. The number of amides is 1. The van der Waals surface area contributed by atoms with Gasteiger partial charge in [-0.15, -0.1) is 0 Å². The molecule has 0 aliphatic rings. The molecule has 0 fully saturated rings. The molecular weight excluding hydrogens is 254 g/mol. The zero-order valence-corrected chi connectivity index (χ0v) is 10.4. The lowest BCUT2D eigenvalue weighted by Crippen LogP contribution is -2.23. The van der Waals surface area contributed by atoms with E-state index in [9.17, 15) is 14.9 Å². The molecule has 0 unspecified atom stereocenters. The number of rotatable bonds is 7. The Balaban J connectivity index is 2.57. The minimum Gasteiger partial charge on any atom is -0.496 e. The number of nitro groups is 1. The van der Waals surface area contributed by atoms with Crippen molar-refractivity contribution < 1.29 is 19.2 Å². The zero-order valence-electron chi connectivity index (χ0n) is 10.4. The topological polar surface area (TPSA) is 117 Å². The largest absolute Gasteiger partial charge is 0.496 e. The number of benzene rings is 1. The van der Waals surface area contributed by atoms with Crippen LogP contribution in [0.3, 0.4) is 0 Å². The number of nitro benzene ring substituents is 1. The molecule has 0 aromatic heterocycles. The number of methoxy groups -OCH3 is 1. The van der Waals surface area contributed by atoms with Crippen LogP contribution in [0.2, 0.25) is 0 Å². The van der Waals surface area contributed by atoms with Gasteiger partial charge in [-0.1, -0.05) is 0 Å². The third kappa shape index (κ3) is 4.80. The van der Waals surface area contributed by atoms with Crippen LogP contribution in [0.4, 0.5) is 10.5 Å². The molecule has 0 spiro atoms. The first-order valence-corrected chi connectivity index (χ1v) is 5.49. The number of carbonyl (C=O) groups excluding carboxylic acids is 1. The van der Waals surface area contributed by atoms with E-state index in [0.717, 1.165) is 0 Å². The molecule has 0 saturated heterocycles. The highest BCUT2D eigenvalue weighted by Crippen LogP contribution is 2.23. The molecule has 0 heterocycles.